The number of hydrogen-bond donors (Lipinski definition) is 2. The van der Waals surface area contributed by atoms with Crippen molar-refractivity contribution in [3.8, 4) is 11.6 Å². The molecule has 3 rings (SSSR count). The predicted octanol–water partition coefficient (Wildman–Crippen LogP) is 3.32. The first-order valence-electron chi connectivity index (χ1n) is 7.19. The first-order valence-corrected chi connectivity index (χ1v) is 7.19. The lowest BCUT2D eigenvalue weighted by Gasteiger charge is -2.15. The van der Waals surface area contributed by atoms with Crippen LogP contribution in [0.25, 0.3) is 5.69 Å². The van der Waals surface area contributed by atoms with E-state index < -0.39 is 6.09 Å². The fourth-order valence-corrected chi connectivity index (χ4v) is 2.20. The lowest BCUT2D eigenvalue weighted by Crippen LogP contribution is -2.26. The van der Waals surface area contributed by atoms with Crippen molar-refractivity contribution in [1.82, 2.24) is 9.78 Å². The highest BCUT2D eigenvalue weighted by Crippen LogP contribution is 2.21. The van der Waals surface area contributed by atoms with Crippen molar-refractivity contribution >= 4 is 11.8 Å². The monoisotopic (exact) mass is 325 g/mol. The molecule has 2 aromatic carbocycles. The van der Waals surface area contributed by atoms with E-state index in [0.717, 1.165) is 5.69 Å². The van der Waals surface area contributed by atoms with Crippen LogP contribution < -0.4 is 9.80 Å². The number of para-hydroxylation sites is 2. The molecule has 0 aliphatic heterocycles. The van der Waals surface area contributed by atoms with Crippen LogP contribution in [0.1, 0.15) is 5.56 Å². The number of carboxylic acid groups (broad SMARTS) is 1. The molecule has 0 unspecified atom stereocenters. The van der Waals surface area contributed by atoms with Gasteiger partial charge in [0.2, 0.25) is 5.88 Å². The van der Waals surface area contributed by atoms with Crippen molar-refractivity contribution in [1.29, 1.82) is 0 Å². The summed E-state index contributed by atoms with van der Waals surface area (Å²) in [5.74, 6) is 0.397. The maximum atomic E-state index is 10.9. The average molecular weight is 325 g/mol. The molecule has 3 aromatic rings. The van der Waals surface area contributed by atoms with Gasteiger partial charge in [0.1, 0.15) is 6.61 Å². The Labute approximate surface area is 137 Å². The Morgan fingerprint density at radius 3 is 2.54 bits per heavy atom. The fourth-order valence-electron chi connectivity index (χ4n) is 2.20. The zero-order valence-electron chi connectivity index (χ0n) is 12.6. The van der Waals surface area contributed by atoms with Gasteiger partial charge in [-0.3, -0.25) is 5.21 Å². The normalized spacial score (nSPS) is 10.4. The van der Waals surface area contributed by atoms with E-state index in [2.05, 4.69) is 5.10 Å². The second-order valence-corrected chi connectivity index (χ2v) is 4.95. The third kappa shape index (κ3) is 3.36. The van der Waals surface area contributed by atoms with E-state index in [1.165, 1.54) is 6.07 Å². The molecule has 7 heteroatoms. The van der Waals surface area contributed by atoms with Crippen LogP contribution in [0.15, 0.2) is 66.9 Å². The molecule has 1 heterocycles. The lowest BCUT2D eigenvalue weighted by atomic mass is 10.2. The molecule has 0 aliphatic rings. The van der Waals surface area contributed by atoms with Crippen molar-refractivity contribution in [2.75, 3.05) is 5.06 Å². The van der Waals surface area contributed by atoms with Crippen LogP contribution in [-0.4, -0.2) is 26.2 Å². The molecule has 2 N–H and O–H groups in total. The zero-order valence-corrected chi connectivity index (χ0v) is 12.6. The summed E-state index contributed by atoms with van der Waals surface area (Å²) in [5.41, 5.74) is 1.57. The summed E-state index contributed by atoms with van der Waals surface area (Å²) in [6.07, 6.45) is 0.308. The molecule has 0 atom stereocenters. The van der Waals surface area contributed by atoms with Gasteiger partial charge in [-0.25, -0.2) is 9.48 Å². The summed E-state index contributed by atoms with van der Waals surface area (Å²) < 4.78 is 7.28. The predicted molar refractivity (Wildman–Crippen MR) is 86.6 cm³/mol. The van der Waals surface area contributed by atoms with E-state index in [4.69, 9.17) is 9.84 Å². The molecule has 0 fully saturated rings. The standard InChI is InChI=1S/C17H15N3O4/c21-17(22)20(23)15-9-5-4-6-13(15)12-24-16-10-11-19(18-16)14-7-2-1-3-8-14/h1-11,23H,12H2,(H,21,22). The summed E-state index contributed by atoms with van der Waals surface area (Å²) in [5, 5.41) is 23.0. The maximum absolute atomic E-state index is 10.9. The quantitative estimate of drug-likeness (QED) is 0.555. The number of aromatic nitrogens is 2. The number of amides is 1. The van der Waals surface area contributed by atoms with Gasteiger partial charge in [-0.2, -0.15) is 5.06 Å². The van der Waals surface area contributed by atoms with E-state index in [1.54, 1.807) is 35.1 Å². The minimum atomic E-state index is -1.46. The first-order chi connectivity index (χ1) is 11.6. The average Bonchev–Trinajstić information content (AvgIpc) is 3.09. The Balaban J connectivity index is 1.73. The summed E-state index contributed by atoms with van der Waals surface area (Å²) in [7, 11) is 0. The summed E-state index contributed by atoms with van der Waals surface area (Å²) in [6, 6.07) is 17.8. The SMILES string of the molecule is O=C(O)N(O)c1ccccc1COc1ccn(-c2ccccc2)n1. The van der Waals surface area contributed by atoms with Gasteiger partial charge in [-0.1, -0.05) is 36.4 Å². The second-order valence-electron chi connectivity index (χ2n) is 4.95. The van der Waals surface area contributed by atoms with Crippen molar-refractivity contribution in [2.24, 2.45) is 0 Å². The third-order valence-electron chi connectivity index (χ3n) is 3.36. The number of benzene rings is 2. The van der Waals surface area contributed by atoms with Crippen LogP contribution in [0.5, 0.6) is 5.88 Å². The lowest BCUT2D eigenvalue weighted by molar-refractivity contribution is 0.160. The van der Waals surface area contributed by atoms with Gasteiger partial charge in [0, 0.05) is 17.8 Å². The third-order valence-corrected chi connectivity index (χ3v) is 3.36. The maximum Gasteiger partial charge on any atom is 0.436 e. The second kappa shape index (κ2) is 6.84. The van der Waals surface area contributed by atoms with E-state index >= 15 is 0 Å². The number of anilines is 1. The van der Waals surface area contributed by atoms with E-state index in [9.17, 15) is 10.0 Å². The minimum absolute atomic E-state index is 0.0757. The van der Waals surface area contributed by atoms with Crippen LogP contribution in [0.2, 0.25) is 0 Å². The summed E-state index contributed by atoms with van der Waals surface area (Å²) in [4.78, 5) is 10.9. The Hall–Kier alpha value is -3.32. The molecule has 24 heavy (non-hydrogen) atoms. The highest BCUT2D eigenvalue weighted by molar-refractivity contribution is 5.84. The Bertz CT molecular complexity index is 833. The largest absolute Gasteiger partial charge is 0.472 e. The van der Waals surface area contributed by atoms with Gasteiger partial charge in [0.25, 0.3) is 0 Å². The molecule has 0 saturated carbocycles. The van der Waals surface area contributed by atoms with Crippen molar-refractivity contribution in [3.05, 3.63) is 72.4 Å². The number of hydrogen-bond acceptors (Lipinski definition) is 4. The molecule has 1 aromatic heterocycles. The van der Waals surface area contributed by atoms with E-state index in [-0.39, 0.29) is 17.4 Å². The minimum Gasteiger partial charge on any atom is -0.472 e. The van der Waals surface area contributed by atoms with Gasteiger partial charge in [-0.15, -0.1) is 5.10 Å². The molecular formula is C17H15N3O4. The first kappa shape index (κ1) is 15.6. The molecule has 0 saturated heterocycles. The van der Waals surface area contributed by atoms with Gasteiger partial charge in [0.15, 0.2) is 0 Å². The number of ether oxygens (including phenoxy) is 1. The van der Waals surface area contributed by atoms with E-state index in [0.29, 0.717) is 11.4 Å². The van der Waals surface area contributed by atoms with Gasteiger partial charge in [-0.05, 0) is 18.2 Å². The molecule has 0 radical (unpaired) electrons. The number of hydroxylamine groups is 1. The number of nitrogens with zero attached hydrogens (tertiary/aromatic N) is 3. The van der Waals surface area contributed by atoms with Crippen LogP contribution in [0.4, 0.5) is 10.5 Å². The molecule has 0 spiro atoms. The number of carbonyl (C=O) groups is 1. The van der Waals surface area contributed by atoms with Crippen LogP contribution in [-0.2, 0) is 6.61 Å². The van der Waals surface area contributed by atoms with Gasteiger partial charge >= 0.3 is 6.09 Å². The van der Waals surface area contributed by atoms with Crippen LogP contribution >= 0.6 is 0 Å². The van der Waals surface area contributed by atoms with Crippen molar-refractivity contribution in [2.45, 2.75) is 6.61 Å². The molecule has 0 bridgehead atoms. The number of rotatable bonds is 5. The molecule has 7 nitrogen and oxygen atoms in total. The molecule has 122 valence electrons. The zero-order chi connectivity index (χ0) is 16.9. The van der Waals surface area contributed by atoms with E-state index in [1.807, 2.05) is 30.3 Å². The highest BCUT2D eigenvalue weighted by atomic mass is 16.6. The topological polar surface area (TPSA) is 87.8 Å². The highest BCUT2D eigenvalue weighted by Gasteiger charge is 2.15. The van der Waals surface area contributed by atoms with Crippen molar-refractivity contribution in [3.63, 3.8) is 0 Å². The Kier molecular flexibility index (Phi) is 4.44. The fraction of sp³-hybridized carbons (Fsp3) is 0.0588. The van der Waals surface area contributed by atoms with Crippen LogP contribution in [0.3, 0.4) is 0 Å². The molecule has 0 aliphatic carbocycles. The molecular weight excluding hydrogens is 310 g/mol. The Morgan fingerprint density at radius 2 is 1.79 bits per heavy atom. The summed E-state index contributed by atoms with van der Waals surface area (Å²) >= 11 is 0. The molecule has 1 amide bonds. The van der Waals surface area contributed by atoms with Crippen molar-refractivity contribution < 1.29 is 19.8 Å². The van der Waals surface area contributed by atoms with Crippen LogP contribution in [0, 0.1) is 0 Å². The Morgan fingerprint density at radius 1 is 1.08 bits per heavy atom. The van der Waals surface area contributed by atoms with Gasteiger partial charge in [0.05, 0.1) is 11.4 Å². The van der Waals surface area contributed by atoms with Gasteiger partial charge < -0.3 is 9.84 Å². The smallest absolute Gasteiger partial charge is 0.436 e. The summed E-state index contributed by atoms with van der Waals surface area (Å²) in [6.45, 7) is 0.0757.